The highest BCUT2D eigenvalue weighted by Crippen LogP contribution is 2.39. The number of hydrogen-bond donors (Lipinski definition) is 2. The van der Waals surface area contributed by atoms with Gasteiger partial charge in [0.2, 0.25) is 0 Å². The fraction of sp³-hybridized carbons (Fsp3) is 0.417. The van der Waals surface area contributed by atoms with Crippen LogP contribution in [0.5, 0.6) is 0 Å². The molecule has 4 rings (SSSR count). The average Bonchev–Trinajstić information content (AvgIpc) is 3.43. The summed E-state index contributed by atoms with van der Waals surface area (Å²) >= 11 is 1.37. The summed E-state index contributed by atoms with van der Waals surface area (Å²) in [6.07, 6.45) is 3.56. The van der Waals surface area contributed by atoms with E-state index >= 15 is 0 Å². The summed E-state index contributed by atoms with van der Waals surface area (Å²) in [5.41, 5.74) is 2.06. The molecule has 3 amide bonds. The zero-order valence-corrected chi connectivity index (χ0v) is 19.7. The molecule has 1 aliphatic carbocycles. The first-order valence-corrected chi connectivity index (χ1v) is 12.1. The molecule has 0 radical (unpaired) electrons. The van der Waals surface area contributed by atoms with Crippen LogP contribution < -0.4 is 10.6 Å². The van der Waals surface area contributed by atoms with Crippen molar-refractivity contribution >= 4 is 45.9 Å². The van der Waals surface area contributed by atoms with Crippen molar-refractivity contribution in [1.29, 1.82) is 0 Å². The molecule has 34 heavy (non-hydrogen) atoms. The van der Waals surface area contributed by atoms with Crippen LogP contribution in [0.2, 0.25) is 0 Å². The third-order valence-corrected chi connectivity index (χ3v) is 7.26. The molecule has 2 aliphatic rings. The van der Waals surface area contributed by atoms with E-state index in [0.717, 1.165) is 29.7 Å². The van der Waals surface area contributed by atoms with E-state index in [-0.39, 0.29) is 11.9 Å². The molecule has 1 aromatic heterocycles. The van der Waals surface area contributed by atoms with Gasteiger partial charge in [-0.05, 0) is 49.8 Å². The van der Waals surface area contributed by atoms with Gasteiger partial charge < -0.3 is 25.0 Å². The molecular formula is C24H27N3O6S. The number of para-hydroxylation sites is 1. The predicted octanol–water partition coefficient (Wildman–Crippen LogP) is 3.45. The summed E-state index contributed by atoms with van der Waals surface area (Å²) in [6.45, 7) is 0.415. The van der Waals surface area contributed by atoms with Crippen LogP contribution in [0.4, 0.5) is 15.5 Å². The Kier molecular flexibility index (Phi) is 7.46. The SMILES string of the molecule is COC(=O)c1c(NC(=O)COC(=O)C2CCN(C(=O)Nc3ccccc3)CC2)sc2c1CCC2. The number of hydrogen-bond acceptors (Lipinski definition) is 7. The van der Waals surface area contributed by atoms with Crippen LogP contribution in [0.3, 0.4) is 0 Å². The minimum absolute atomic E-state index is 0.207. The van der Waals surface area contributed by atoms with E-state index in [9.17, 15) is 19.2 Å². The number of amides is 3. The quantitative estimate of drug-likeness (QED) is 0.606. The van der Waals surface area contributed by atoms with Crippen LogP contribution in [0, 0.1) is 5.92 Å². The summed E-state index contributed by atoms with van der Waals surface area (Å²) in [7, 11) is 1.31. The van der Waals surface area contributed by atoms with Crippen LogP contribution in [0.15, 0.2) is 30.3 Å². The van der Waals surface area contributed by atoms with E-state index in [1.54, 1.807) is 4.90 Å². The number of thiophene rings is 1. The Labute approximate surface area is 201 Å². The van der Waals surface area contributed by atoms with Crippen LogP contribution in [-0.2, 0) is 31.9 Å². The molecule has 180 valence electrons. The number of likely N-dealkylation sites (tertiary alicyclic amines) is 1. The Bertz CT molecular complexity index is 1080. The van der Waals surface area contributed by atoms with E-state index < -0.39 is 24.5 Å². The second-order valence-electron chi connectivity index (χ2n) is 8.27. The second-order valence-corrected chi connectivity index (χ2v) is 9.37. The standard InChI is InChI=1S/C24H27N3O6S/c1-32-23(30)20-17-8-5-9-18(17)34-21(20)26-19(28)14-33-22(29)15-10-12-27(13-11-15)24(31)25-16-6-3-2-4-7-16/h2-4,6-7,15H,5,8-14H2,1H3,(H,25,31)(H,26,28). The highest BCUT2D eigenvalue weighted by molar-refractivity contribution is 7.17. The van der Waals surface area contributed by atoms with Crippen molar-refractivity contribution < 1.29 is 28.7 Å². The fourth-order valence-electron chi connectivity index (χ4n) is 4.27. The number of nitrogens with zero attached hydrogens (tertiary/aromatic N) is 1. The number of methoxy groups -OCH3 is 1. The predicted molar refractivity (Wildman–Crippen MR) is 127 cm³/mol. The van der Waals surface area contributed by atoms with Gasteiger partial charge in [-0.2, -0.15) is 0 Å². The van der Waals surface area contributed by atoms with E-state index in [1.165, 1.54) is 18.4 Å². The molecule has 0 bridgehead atoms. The van der Waals surface area contributed by atoms with Gasteiger partial charge in [-0.15, -0.1) is 11.3 Å². The van der Waals surface area contributed by atoms with Crippen molar-refractivity contribution in [2.24, 2.45) is 5.92 Å². The van der Waals surface area contributed by atoms with Crippen LogP contribution >= 0.6 is 11.3 Å². The molecular weight excluding hydrogens is 458 g/mol. The minimum Gasteiger partial charge on any atom is -0.465 e. The summed E-state index contributed by atoms with van der Waals surface area (Å²) < 4.78 is 10.1. The zero-order valence-electron chi connectivity index (χ0n) is 18.9. The number of rotatable bonds is 6. The Morgan fingerprint density at radius 2 is 1.79 bits per heavy atom. The van der Waals surface area contributed by atoms with Gasteiger partial charge in [-0.1, -0.05) is 18.2 Å². The normalized spacial score (nSPS) is 15.4. The number of fused-ring (bicyclic) bond motifs is 1. The monoisotopic (exact) mass is 485 g/mol. The van der Waals surface area contributed by atoms with Crippen molar-refractivity contribution in [1.82, 2.24) is 4.90 Å². The van der Waals surface area contributed by atoms with E-state index in [4.69, 9.17) is 9.47 Å². The molecule has 10 heteroatoms. The first kappa shape index (κ1) is 23.7. The number of piperidine rings is 1. The van der Waals surface area contributed by atoms with Gasteiger partial charge in [0.25, 0.3) is 5.91 Å². The largest absolute Gasteiger partial charge is 0.465 e. The lowest BCUT2D eigenvalue weighted by Gasteiger charge is -2.30. The number of aryl methyl sites for hydroxylation is 1. The Morgan fingerprint density at radius 1 is 1.06 bits per heavy atom. The van der Waals surface area contributed by atoms with Gasteiger partial charge in [-0.25, -0.2) is 9.59 Å². The van der Waals surface area contributed by atoms with E-state index in [0.29, 0.717) is 42.2 Å². The molecule has 0 unspecified atom stereocenters. The molecule has 2 aromatic rings. The van der Waals surface area contributed by atoms with Crippen molar-refractivity contribution in [2.75, 3.05) is 37.4 Å². The number of nitrogens with one attached hydrogen (secondary N) is 2. The smallest absolute Gasteiger partial charge is 0.341 e. The lowest BCUT2D eigenvalue weighted by molar-refractivity contribution is -0.152. The van der Waals surface area contributed by atoms with Crippen LogP contribution in [-0.4, -0.2) is 55.6 Å². The number of carbonyl (C=O) groups is 4. The molecule has 2 N–H and O–H groups in total. The molecule has 1 fully saturated rings. The Balaban J connectivity index is 1.24. The lowest BCUT2D eigenvalue weighted by atomic mass is 9.97. The molecule has 9 nitrogen and oxygen atoms in total. The second kappa shape index (κ2) is 10.7. The molecule has 1 saturated heterocycles. The molecule has 0 saturated carbocycles. The molecule has 0 spiro atoms. The summed E-state index contributed by atoms with van der Waals surface area (Å²) in [5, 5.41) is 5.97. The topological polar surface area (TPSA) is 114 Å². The number of carbonyl (C=O) groups excluding carboxylic acids is 4. The van der Waals surface area contributed by atoms with E-state index in [1.807, 2.05) is 30.3 Å². The highest BCUT2D eigenvalue weighted by Gasteiger charge is 2.30. The third-order valence-electron chi connectivity index (χ3n) is 6.05. The van der Waals surface area contributed by atoms with Gasteiger partial charge in [0.15, 0.2) is 6.61 Å². The summed E-state index contributed by atoms with van der Waals surface area (Å²) in [6, 6.07) is 8.97. The first-order valence-electron chi connectivity index (χ1n) is 11.3. The number of ether oxygens (including phenoxy) is 2. The highest BCUT2D eigenvalue weighted by atomic mass is 32.1. The maximum atomic E-state index is 12.5. The van der Waals surface area contributed by atoms with Gasteiger partial charge in [0, 0.05) is 23.7 Å². The summed E-state index contributed by atoms with van der Waals surface area (Å²) in [4.78, 5) is 52.2. The van der Waals surface area contributed by atoms with E-state index in [2.05, 4.69) is 10.6 Å². The van der Waals surface area contributed by atoms with Crippen LogP contribution in [0.1, 0.15) is 40.1 Å². The first-order chi connectivity index (χ1) is 16.5. The Morgan fingerprint density at radius 3 is 2.50 bits per heavy atom. The van der Waals surface area contributed by atoms with Crippen molar-refractivity contribution in [2.45, 2.75) is 32.1 Å². The van der Waals surface area contributed by atoms with Crippen molar-refractivity contribution in [3.63, 3.8) is 0 Å². The molecule has 0 atom stereocenters. The van der Waals surface area contributed by atoms with Gasteiger partial charge in [0.1, 0.15) is 5.00 Å². The average molecular weight is 486 g/mol. The Hall–Kier alpha value is -3.40. The molecule has 1 aliphatic heterocycles. The number of benzene rings is 1. The molecule has 1 aromatic carbocycles. The summed E-state index contributed by atoms with van der Waals surface area (Å²) in [5.74, 6) is -1.81. The zero-order chi connectivity index (χ0) is 24.1. The van der Waals surface area contributed by atoms with Gasteiger partial charge >= 0.3 is 18.0 Å². The molecule has 2 heterocycles. The maximum absolute atomic E-state index is 12.5. The minimum atomic E-state index is -0.502. The number of esters is 2. The van der Waals surface area contributed by atoms with Crippen LogP contribution in [0.25, 0.3) is 0 Å². The van der Waals surface area contributed by atoms with Crippen molar-refractivity contribution in [3.05, 3.63) is 46.3 Å². The van der Waals surface area contributed by atoms with Gasteiger partial charge in [0.05, 0.1) is 18.6 Å². The maximum Gasteiger partial charge on any atom is 0.341 e. The third kappa shape index (κ3) is 5.39. The number of anilines is 2. The fourth-order valence-corrected chi connectivity index (χ4v) is 5.56. The number of urea groups is 1. The van der Waals surface area contributed by atoms with Crippen molar-refractivity contribution in [3.8, 4) is 0 Å². The van der Waals surface area contributed by atoms with Gasteiger partial charge in [-0.3, -0.25) is 9.59 Å². The lowest BCUT2D eigenvalue weighted by Crippen LogP contribution is -2.43.